The second-order valence-electron chi connectivity index (χ2n) is 4.89. The molecule has 21 heavy (non-hydrogen) atoms. The van der Waals surface area contributed by atoms with E-state index in [1.54, 1.807) is 11.3 Å². The molecule has 5 nitrogen and oxygen atoms in total. The Morgan fingerprint density at radius 3 is 2.71 bits per heavy atom. The van der Waals surface area contributed by atoms with Gasteiger partial charge in [0.1, 0.15) is 17.5 Å². The van der Waals surface area contributed by atoms with Gasteiger partial charge in [-0.1, -0.05) is 18.5 Å². The highest BCUT2D eigenvalue weighted by atomic mass is 35.5. The quantitative estimate of drug-likeness (QED) is 0.629. The smallest absolute Gasteiger partial charge is 0.148 e. The number of hydrogen-bond donors (Lipinski definition) is 2. The van der Waals surface area contributed by atoms with Gasteiger partial charge >= 0.3 is 0 Å². The van der Waals surface area contributed by atoms with Crippen molar-refractivity contribution in [3.05, 3.63) is 32.7 Å². The molecule has 0 aliphatic heterocycles. The largest absolute Gasteiger partial charge is 0.354 e. The van der Waals surface area contributed by atoms with Crippen molar-refractivity contribution < 1.29 is 0 Å². The number of nitrogens with zero attached hydrogens (tertiary/aromatic N) is 3. The van der Waals surface area contributed by atoms with Crippen molar-refractivity contribution in [3.8, 4) is 0 Å². The van der Waals surface area contributed by atoms with Gasteiger partial charge in [-0.05, 0) is 25.5 Å². The highest BCUT2D eigenvalue weighted by Gasteiger charge is 2.14. The second-order valence-corrected chi connectivity index (χ2v) is 6.69. The molecule has 0 saturated carbocycles. The van der Waals surface area contributed by atoms with E-state index < -0.39 is 0 Å². The molecule has 7 heteroatoms. The lowest BCUT2D eigenvalue weighted by Gasteiger charge is -2.21. The average Bonchev–Trinajstić information content (AvgIpc) is 2.86. The van der Waals surface area contributed by atoms with E-state index in [9.17, 15) is 0 Å². The highest BCUT2D eigenvalue weighted by Crippen LogP contribution is 2.27. The fraction of sp³-hybridized carbons (Fsp3) is 0.429. The number of hydrogen-bond acceptors (Lipinski definition) is 6. The summed E-state index contributed by atoms with van der Waals surface area (Å²) in [5.41, 5.74) is 3.61. The van der Waals surface area contributed by atoms with E-state index in [0.29, 0.717) is 5.82 Å². The van der Waals surface area contributed by atoms with Crippen LogP contribution in [-0.4, -0.2) is 17.0 Å². The number of nitrogen functional groups attached to an aromatic ring is 1. The van der Waals surface area contributed by atoms with Gasteiger partial charge in [-0.3, -0.25) is 0 Å². The molecule has 0 radical (unpaired) electrons. The van der Waals surface area contributed by atoms with Gasteiger partial charge in [-0.25, -0.2) is 15.8 Å². The third kappa shape index (κ3) is 3.84. The topological polar surface area (TPSA) is 67.1 Å². The summed E-state index contributed by atoms with van der Waals surface area (Å²) in [7, 11) is 2.01. The van der Waals surface area contributed by atoms with Crippen LogP contribution in [0.5, 0.6) is 0 Å². The lowest BCUT2D eigenvalue weighted by Crippen LogP contribution is -2.21. The number of aromatic nitrogens is 2. The van der Waals surface area contributed by atoms with Crippen LogP contribution in [0.25, 0.3) is 0 Å². The maximum Gasteiger partial charge on any atom is 0.148 e. The van der Waals surface area contributed by atoms with Crippen molar-refractivity contribution in [1.29, 1.82) is 0 Å². The van der Waals surface area contributed by atoms with Crippen molar-refractivity contribution >= 4 is 34.6 Å². The molecule has 114 valence electrons. The van der Waals surface area contributed by atoms with Crippen molar-refractivity contribution in [2.24, 2.45) is 5.84 Å². The zero-order valence-electron chi connectivity index (χ0n) is 12.5. The minimum absolute atomic E-state index is 0.680. The minimum atomic E-state index is 0.680. The Balaban J connectivity index is 2.29. The third-order valence-corrected chi connectivity index (χ3v) is 4.38. The number of hydrazine groups is 1. The molecule has 2 aromatic heterocycles. The predicted molar refractivity (Wildman–Crippen MR) is 90.0 cm³/mol. The van der Waals surface area contributed by atoms with Gasteiger partial charge in [-0.15, -0.1) is 11.3 Å². The van der Waals surface area contributed by atoms with E-state index in [4.69, 9.17) is 17.4 Å². The molecule has 2 heterocycles. The van der Waals surface area contributed by atoms with Gasteiger partial charge in [0.25, 0.3) is 0 Å². The SMILES string of the molecule is CCCc1nc(NN)c(C)c(N(C)Cc2ccc(Cl)s2)n1. The zero-order valence-corrected chi connectivity index (χ0v) is 14.1. The summed E-state index contributed by atoms with van der Waals surface area (Å²) in [6.07, 6.45) is 1.83. The molecule has 0 aromatic carbocycles. The van der Waals surface area contributed by atoms with E-state index in [1.165, 1.54) is 4.88 Å². The van der Waals surface area contributed by atoms with Crippen molar-refractivity contribution in [1.82, 2.24) is 9.97 Å². The van der Waals surface area contributed by atoms with Gasteiger partial charge in [-0.2, -0.15) is 0 Å². The van der Waals surface area contributed by atoms with E-state index in [0.717, 1.165) is 40.9 Å². The lowest BCUT2D eigenvalue weighted by molar-refractivity contribution is 0.809. The van der Waals surface area contributed by atoms with Gasteiger partial charge in [0.15, 0.2) is 0 Å². The molecule has 3 N–H and O–H groups in total. The molecule has 0 amide bonds. The Bertz CT molecular complexity index is 613. The Morgan fingerprint density at radius 2 is 2.14 bits per heavy atom. The lowest BCUT2D eigenvalue weighted by atomic mass is 10.2. The average molecular weight is 326 g/mol. The first-order valence-corrected chi connectivity index (χ1v) is 8.04. The Labute approximate surface area is 134 Å². The van der Waals surface area contributed by atoms with Gasteiger partial charge in [0, 0.05) is 23.9 Å². The Hall–Kier alpha value is -1.37. The van der Waals surface area contributed by atoms with Crippen LogP contribution >= 0.6 is 22.9 Å². The van der Waals surface area contributed by atoms with Crippen LogP contribution in [0.15, 0.2) is 12.1 Å². The molecular weight excluding hydrogens is 306 g/mol. The normalized spacial score (nSPS) is 10.7. The van der Waals surface area contributed by atoms with Crippen molar-refractivity contribution in [3.63, 3.8) is 0 Å². The monoisotopic (exact) mass is 325 g/mol. The maximum atomic E-state index is 5.98. The Kier molecular flexibility index (Phi) is 5.39. The number of anilines is 2. The summed E-state index contributed by atoms with van der Waals surface area (Å²) < 4.78 is 0.800. The van der Waals surface area contributed by atoms with E-state index in [2.05, 4.69) is 27.2 Å². The summed E-state index contributed by atoms with van der Waals surface area (Å²) in [5, 5.41) is 0. The number of halogens is 1. The number of nitrogens with two attached hydrogens (primary N) is 1. The van der Waals surface area contributed by atoms with Gasteiger partial charge < -0.3 is 10.3 Å². The Morgan fingerprint density at radius 1 is 1.38 bits per heavy atom. The molecule has 0 aliphatic carbocycles. The van der Waals surface area contributed by atoms with Crippen molar-refractivity contribution in [2.75, 3.05) is 17.4 Å². The first-order valence-electron chi connectivity index (χ1n) is 6.84. The zero-order chi connectivity index (χ0) is 15.4. The van der Waals surface area contributed by atoms with Crippen LogP contribution in [0.3, 0.4) is 0 Å². The van der Waals surface area contributed by atoms with Crippen LogP contribution in [0, 0.1) is 6.92 Å². The molecule has 0 unspecified atom stereocenters. The van der Waals surface area contributed by atoms with Crippen LogP contribution in [0.1, 0.15) is 29.6 Å². The molecule has 0 bridgehead atoms. The molecule has 0 atom stereocenters. The number of rotatable bonds is 6. The second kappa shape index (κ2) is 7.06. The van der Waals surface area contributed by atoms with Crippen LogP contribution < -0.4 is 16.2 Å². The van der Waals surface area contributed by atoms with E-state index in [1.807, 2.05) is 26.1 Å². The number of nitrogens with one attached hydrogen (secondary N) is 1. The molecule has 0 aliphatic rings. The molecule has 0 fully saturated rings. The van der Waals surface area contributed by atoms with Crippen LogP contribution in [0.2, 0.25) is 4.34 Å². The van der Waals surface area contributed by atoms with E-state index in [-0.39, 0.29) is 0 Å². The molecule has 2 aromatic rings. The highest BCUT2D eigenvalue weighted by molar-refractivity contribution is 7.16. The summed E-state index contributed by atoms with van der Waals surface area (Å²) in [4.78, 5) is 12.4. The third-order valence-electron chi connectivity index (χ3n) is 3.16. The summed E-state index contributed by atoms with van der Waals surface area (Å²) in [6, 6.07) is 3.95. The maximum absolute atomic E-state index is 5.98. The summed E-state index contributed by atoms with van der Waals surface area (Å²) in [6.45, 7) is 4.83. The molecule has 0 spiro atoms. The summed E-state index contributed by atoms with van der Waals surface area (Å²) in [5.74, 6) is 7.95. The fourth-order valence-electron chi connectivity index (χ4n) is 2.14. The predicted octanol–water partition coefficient (Wildman–Crippen LogP) is 3.37. The van der Waals surface area contributed by atoms with Gasteiger partial charge in [0.2, 0.25) is 0 Å². The van der Waals surface area contributed by atoms with Crippen LogP contribution in [-0.2, 0) is 13.0 Å². The van der Waals surface area contributed by atoms with E-state index >= 15 is 0 Å². The molecule has 0 saturated heterocycles. The number of thiophene rings is 1. The molecular formula is C14H20ClN5S. The fourth-order valence-corrected chi connectivity index (χ4v) is 3.28. The van der Waals surface area contributed by atoms with Crippen molar-refractivity contribution in [2.45, 2.75) is 33.2 Å². The summed E-state index contributed by atoms with van der Waals surface area (Å²) >= 11 is 7.56. The first-order chi connectivity index (χ1) is 10.0. The van der Waals surface area contributed by atoms with Gasteiger partial charge in [0.05, 0.1) is 10.9 Å². The minimum Gasteiger partial charge on any atom is -0.354 e. The standard InChI is InChI=1S/C14H20ClN5S/c1-4-5-12-17-13(19-16)9(2)14(18-12)20(3)8-10-6-7-11(15)21-10/h6-7H,4-5,8,16H2,1-3H3,(H,17,18,19). The van der Waals surface area contributed by atoms with Crippen LogP contribution in [0.4, 0.5) is 11.6 Å². The first kappa shape index (κ1) is 16.0. The molecule has 2 rings (SSSR count). The number of aryl methyl sites for hydroxylation is 1.